The van der Waals surface area contributed by atoms with E-state index in [2.05, 4.69) is 0 Å². The van der Waals surface area contributed by atoms with Crippen LogP contribution in [0.3, 0.4) is 0 Å². The molecule has 0 N–H and O–H groups in total. The molecule has 1 aromatic rings. The Morgan fingerprint density at radius 2 is 1.35 bits per heavy atom. The second-order valence-electron chi connectivity index (χ2n) is 8.24. The Labute approximate surface area is 127 Å². The van der Waals surface area contributed by atoms with E-state index >= 15 is 0 Å². The van der Waals surface area contributed by atoms with Crippen LogP contribution in [-0.2, 0) is 10.3 Å². The lowest BCUT2D eigenvalue weighted by atomic mass is 9.56. The summed E-state index contributed by atoms with van der Waals surface area (Å²) in [6.07, 6.45) is 1.02. The number of rotatable bonds is 1. The zero-order valence-electron chi connectivity index (χ0n) is 11.7. The SMILES string of the molecule is Fc1c(F)c(F)c([C@@]23O[C@@H]4[C@@H]5[C@@H]6[C@@H]7C[C@@H]([C@H]6[C@H]52)[C@H]3[C@@H]74)c(F)c1F. The van der Waals surface area contributed by atoms with Crippen LogP contribution in [0.1, 0.15) is 12.0 Å². The van der Waals surface area contributed by atoms with Crippen LogP contribution < -0.4 is 0 Å². The normalized spacial score (nSPS) is 58.0. The fraction of sp³-hybridized carbons (Fsp3) is 0.647. The molecule has 0 aromatic heterocycles. The minimum atomic E-state index is -2.08. The summed E-state index contributed by atoms with van der Waals surface area (Å²) in [6.45, 7) is 0. The van der Waals surface area contributed by atoms with Crippen LogP contribution in [0.2, 0.25) is 0 Å². The molecule has 5 aliphatic carbocycles. The van der Waals surface area contributed by atoms with Crippen LogP contribution in [0.5, 0.6) is 0 Å². The highest BCUT2D eigenvalue weighted by molar-refractivity contribution is 5.46. The lowest BCUT2D eigenvalue weighted by Gasteiger charge is -2.46. The first kappa shape index (κ1) is 12.2. The molecule has 5 saturated carbocycles. The number of ether oxygens (including phenoxy) is 1. The second kappa shape index (κ2) is 3.05. The number of benzene rings is 1. The van der Waals surface area contributed by atoms with Gasteiger partial charge in [0, 0.05) is 11.8 Å². The van der Waals surface area contributed by atoms with E-state index in [1.165, 1.54) is 0 Å². The predicted molar refractivity (Wildman–Crippen MR) is 65.3 cm³/mol. The lowest BCUT2D eigenvalue weighted by Crippen LogP contribution is -2.48. The van der Waals surface area contributed by atoms with Crippen molar-refractivity contribution in [1.29, 1.82) is 0 Å². The number of hydrogen-bond donors (Lipinski definition) is 0. The zero-order valence-corrected chi connectivity index (χ0v) is 11.7. The summed E-state index contributed by atoms with van der Waals surface area (Å²) in [5.41, 5.74) is -1.94. The zero-order chi connectivity index (χ0) is 15.6. The van der Waals surface area contributed by atoms with Crippen molar-refractivity contribution < 1.29 is 26.7 Å². The van der Waals surface area contributed by atoms with Gasteiger partial charge in [0.1, 0.15) is 5.60 Å². The molecule has 4 bridgehead atoms. The molecule has 1 nitrogen and oxygen atoms in total. The summed E-state index contributed by atoms with van der Waals surface area (Å²) in [5, 5.41) is 0. The van der Waals surface area contributed by atoms with Crippen molar-refractivity contribution in [2.45, 2.75) is 18.1 Å². The first-order valence-electron chi connectivity index (χ1n) is 8.20. The van der Waals surface area contributed by atoms with Gasteiger partial charge in [0.2, 0.25) is 5.82 Å². The first-order chi connectivity index (χ1) is 11.0. The Morgan fingerprint density at radius 1 is 0.696 bits per heavy atom. The van der Waals surface area contributed by atoms with E-state index in [-0.39, 0.29) is 29.8 Å². The molecule has 10 atom stereocenters. The van der Waals surface area contributed by atoms with Gasteiger partial charge in [-0.1, -0.05) is 0 Å². The summed E-state index contributed by atoms with van der Waals surface area (Å²) < 4.78 is 76.1. The molecule has 0 amide bonds. The Bertz CT molecular complexity index is 800. The van der Waals surface area contributed by atoms with E-state index in [0.717, 1.165) is 6.42 Å². The van der Waals surface area contributed by atoms with Crippen LogP contribution in [0.15, 0.2) is 0 Å². The second-order valence-corrected chi connectivity index (χ2v) is 8.24. The molecule has 0 spiro atoms. The van der Waals surface area contributed by atoms with Crippen molar-refractivity contribution in [3.05, 3.63) is 34.6 Å². The smallest absolute Gasteiger partial charge is 0.200 e. The van der Waals surface area contributed by atoms with E-state index in [9.17, 15) is 22.0 Å². The number of halogens is 5. The van der Waals surface area contributed by atoms with Crippen molar-refractivity contribution in [3.63, 3.8) is 0 Å². The average Bonchev–Trinajstić information content (AvgIpc) is 3.16. The van der Waals surface area contributed by atoms with E-state index in [4.69, 9.17) is 4.74 Å². The molecule has 6 heteroatoms. The van der Waals surface area contributed by atoms with Gasteiger partial charge >= 0.3 is 0 Å². The predicted octanol–water partition coefficient (Wildman–Crippen LogP) is 3.36. The van der Waals surface area contributed by atoms with Crippen LogP contribution in [0, 0.1) is 76.4 Å². The maximum absolute atomic E-state index is 14.5. The molecule has 1 aromatic carbocycles. The molecule has 0 unspecified atom stereocenters. The molecule has 120 valence electrons. The third-order valence-electron chi connectivity index (χ3n) is 8.30. The largest absolute Gasteiger partial charge is 0.366 e. The molecule has 2 aliphatic heterocycles. The van der Waals surface area contributed by atoms with E-state index in [1.807, 2.05) is 0 Å². The minimum Gasteiger partial charge on any atom is -0.366 e. The fourth-order valence-electron chi connectivity index (χ4n) is 8.35. The highest BCUT2D eigenvalue weighted by Crippen LogP contribution is 2.92. The maximum atomic E-state index is 14.5. The van der Waals surface area contributed by atoms with Gasteiger partial charge in [-0.2, -0.15) is 0 Å². The summed E-state index contributed by atoms with van der Waals surface area (Å²) in [7, 11) is 0. The van der Waals surface area contributed by atoms with Gasteiger partial charge < -0.3 is 4.74 Å². The quantitative estimate of drug-likeness (QED) is 0.437. The molecule has 8 rings (SSSR count). The first-order valence-corrected chi connectivity index (χ1v) is 8.20. The van der Waals surface area contributed by atoms with E-state index in [0.29, 0.717) is 23.7 Å². The molecular weight excluding hydrogens is 315 g/mol. The van der Waals surface area contributed by atoms with Gasteiger partial charge in [-0.15, -0.1) is 0 Å². The summed E-state index contributed by atoms with van der Waals surface area (Å²) in [6, 6.07) is 0. The van der Waals surface area contributed by atoms with Gasteiger partial charge in [-0.3, -0.25) is 0 Å². The lowest BCUT2D eigenvalue weighted by molar-refractivity contribution is -0.0418. The molecular formula is C17H11F5O. The van der Waals surface area contributed by atoms with Crippen molar-refractivity contribution in [1.82, 2.24) is 0 Å². The van der Waals surface area contributed by atoms with Crippen molar-refractivity contribution in [2.75, 3.05) is 0 Å². The molecule has 7 aliphatic rings. The molecule has 7 fully saturated rings. The number of hydrogen-bond acceptors (Lipinski definition) is 1. The Balaban J connectivity index is 1.57. The molecule has 0 radical (unpaired) electrons. The van der Waals surface area contributed by atoms with Crippen LogP contribution >= 0.6 is 0 Å². The van der Waals surface area contributed by atoms with Crippen LogP contribution in [-0.4, -0.2) is 6.10 Å². The topological polar surface area (TPSA) is 9.23 Å². The van der Waals surface area contributed by atoms with Gasteiger partial charge in [0.15, 0.2) is 23.3 Å². The average molecular weight is 326 g/mol. The van der Waals surface area contributed by atoms with Crippen LogP contribution in [0.25, 0.3) is 0 Å². The van der Waals surface area contributed by atoms with Crippen molar-refractivity contribution in [2.24, 2.45) is 47.3 Å². The standard InChI is InChI=1S/C17H11F5O/c18-11-10(12(19)14(21)15(22)13(11)20)17-8-3-1-2-4-5(3)9(17)7(4)16(23-17)6(2)8/h2-9,16H,1H2/t2-,3-,4+,5+,6+,7+,8-,9+,16-,17-/m0/s1. The minimum absolute atomic E-state index is 0.0290. The van der Waals surface area contributed by atoms with Gasteiger partial charge in [0.25, 0.3) is 0 Å². The highest BCUT2D eigenvalue weighted by atomic mass is 19.2. The Hall–Kier alpha value is -1.17. The van der Waals surface area contributed by atoms with Gasteiger partial charge in [-0.05, 0) is 41.9 Å². The van der Waals surface area contributed by atoms with Gasteiger partial charge in [0.05, 0.1) is 11.7 Å². The molecule has 23 heavy (non-hydrogen) atoms. The van der Waals surface area contributed by atoms with Crippen LogP contribution in [0.4, 0.5) is 22.0 Å². The third kappa shape index (κ3) is 0.839. The monoisotopic (exact) mass is 326 g/mol. The van der Waals surface area contributed by atoms with Crippen molar-refractivity contribution >= 4 is 0 Å². The van der Waals surface area contributed by atoms with E-state index in [1.54, 1.807) is 0 Å². The van der Waals surface area contributed by atoms with Crippen molar-refractivity contribution in [3.8, 4) is 0 Å². The Kier molecular flexibility index (Phi) is 1.62. The summed E-state index contributed by atoms with van der Waals surface area (Å²) >= 11 is 0. The molecule has 2 saturated heterocycles. The third-order valence-corrected chi connectivity index (χ3v) is 8.30. The van der Waals surface area contributed by atoms with Gasteiger partial charge in [-0.25, -0.2) is 22.0 Å². The highest BCUT2D eigenvalue weighted by Gasteiger charge is 2.93. The van der Waals surface area contributed by atoms with E-state index < -0.39 is 40.3 Å². The fourth-order valence-corrected chi connectivity index (χ4v) is 8.35. The summed E-state index contributed by atoms with van der Waals surface area (Å²) in [5.74, 6) is -6.89. The maximum Gasteiger partial charge on any atom is 0.200 e. The summed E-state index contributed by atoms with van der Waals surface area (Å²) in [4.78, 5) is 0. The molecule has 2 heterocycles. The Morgan fingerprint density at radius 3 is 2.04 bits per heavy atom.